The van der Waals surface area contributed by atoms with E-state index in [1.165, 1.54) is 12.1 Å². The molecule has 0 unspecified atom stereocenters. The highest BCUT2D eigenvalue weighted by atomic mass is 79.9. The summed E-state index contributed by atoms with van der Waals surface area (Å²) in [4.78, 5) is 4.11. The van der Waals surface area contributed by atoms with E-state index in [1.54, 1.807) is 19.2 Å². The number of nitrogens with zero attached hydrogens (tertiary/aromatic N) is 1. The van der Waals surface area contributed by atoms with Crippen LogP contribution in [0.15, 0.2) is 34.9 Å². The van der Waals surface area contributed by atoms with E-state index in [1.807, 2.05) is 13.8 Å². The molecule has 0 aliphatic rings. The molecule has 1 heterocycles. The van der Waals surface area contributed by atoms with Gasteiger partial charge in [-0.25, -0.2) is 8.78 Å². The predicted molar refractivity (Wildman–Crippen MR) is 78.7 cm³/mol. The molecule has 0 aliphatic carbocycles. The lowest BCUT2D eigenvalue weighted by Gasteiger charge is -2.09. The van der Waals surface area contributed by atoms with Crippen LogP contribution in [0.4, 0.5) is 8.78 Å². The summed E-state index contributed by atoms with van der Waals surface area (Å²) in [6.07, 6.45) is 1.66. The van der Waals surface area contributed by atoms with Crippen LogP contribution in [0, 0.1) is 18.6 Å². The van der Waals surface area contributed by atoms with E-state index in [0.29, 0.717) is 11.3 Å². The van der Waals surface area contributed by atoms with Gasteiger partial charge in [0.05, 0.1) is 5.69 Å². The maximum absolute atomic E-state index is 13.0. The Labute approximate surface area is 125 Å². The van der Waals surface area contributed by atoms with Crippen molar-refractivity contribution in [2.24, 2.45) is 0 Å². The van der Waals surface area contributed by atoms with Crippen LogP contribution >= 0.6 is 15.9 Å². The average molecular weight is 344 g/mol. The topological polar surface area (TPSA) is 22.1 Å². The summed E-state index contributed by atoms with van der Waals surface area (Å²) in [5.74, 6) is -0.649. The maximum Gasteiger partial charge on any atom is 0.142 e. The highest BCUT2D eigenvalue weighted by Crippen LogP contribution is 2.21. The molecule has 0 radical (unpaired) electrons. The summed E-state index contributed by atoms with van der Waals surface area (Å²) in [6, 6.07) is 5.07. The second-order valence-electron chi connectivity index (χ2n) is 3.80. The van der Waals surface area contributed by atoms with Gasteiger partial charge in [0.25, 0.3) is 0 Å². The minimum atomic E-state index is -0.613. The van der Waals surface area contributed by atoms with E-state index in [4.69, 9.17) is 4.74 Å². The molecule has 2 rings (SSSR count). The molecule has 1 aromatic carbocycles. The van der Waals surface area contributed by atoms with Crippen molar-refractivity contribution in [2.75, 3.05) is 0 Å². The van der Waals surface area contributed by atoms with Gasteiger partial charge in [-0.05, 0) is 46.6 Å². The predicted octanol–water partition coefficient (Wildman–Crippen LogP) is 5.04. The van der Waals surface area contributed by atoms with Crippen LogP contribution in [0.2, 0.25) is 0 Å². The van der Waals surface area contributed by atoms with Gasteiger partial charge in [-0.1, -0.05) is 13.8 Å². The molecule has 0 saturated heterocycles. The van der Waals surface area contributed by atoms with Gasteiger partial charge < -0.3 is 4.74 Å². The summed E-state index contributed by atoms with van der Waals surface area (Å²) in [5.41, 5.74) is 1.15. The van der Waals surface area contributed by atoms with Crippen molar-refractivity contribution in [1.29, 1.82) is 0 Å². The van der Waals surface area contributed by atoms with Gasteiger partial charge in [0, 0.05) is 16.7 Å². The molecule has 20 heavy (non-hydrogen) atoms. The van der Waals surface area contributed by atoms with Gasteiger partial charge >= 0.3 is 0 Å². The van der Waals surface area contributed by atoms with E-state index in [0.717, 1.165) is 16.2 Å². The van der Waals surface area contributed by atoms with Gasteiger partial charge in [-0.3, -0.25) is 4.98 Å². The van der Waals surface area contributed by atoms with E-state index in [9.17, 15) is 8.78 Å². The van der Waals surface area contributed by atoms with Crippen molar-refractivity contribution < 1.29 is 13.5 Å². The smallest absolute Gasteiger partial charge is 0.142 e. The number of pyridine rings is 1. The molecule has 0 atom stereocenters. The van der Waals surface area contributed by atoms with Crippen molar-refractivity contribution in [2.45, 2.75) is 27.4 Å². The fourth-order valence-corrected chi connectivity index (χ4v) is 1.80. The molecule has 0 saturated carbocycles. The molecular weight excluding hydrogens is 328 g/mol. The molecule has 108 valence electrons. The SMILES string of the molecule is CC.Cc1ncc(Br)cc1OCc1cc(F)cc(F)c1. The van der Waals surface area contributed by atoms with Crippen LogP contribution in [0.1, 0.15) is 25.1 Å². The third kappa shape index (κ3) is 4.89. The molecule has 5 heteroatoms. The van der Waals surface area contributed by atoms with Crippen LogP contribution in [-0.2, 0) is 6.61 Å². The molecule has 0 spiro atoms. The largest absolute Gasteiger partial charge is 0.487 e. The summed E-state index contributed by atoms with van der Waals surface area (Å²) in [6.45, 7) is 5.89. The molecule has 0 aliphatic heterocycles. The molecule has 0 fully saturated rings. The quantitative estimate of drug-likeness (QED) is 0.779. The van der Waals surface area contributed by atoms with Crippen molar-refractivity contribution in [1.82, 2.24) is 4.98 Å². The van der Waals surface area contributed by atoms with E-state index >= 15 is 0 Å². The molecule has 2 aromatic rings. The first-order chi connectivity index (χ1) is 9.54. The Bertz CT molecular complexity index is 556. The monoisotopic (exact) mass is 343 g/mol. The van der Waals surface area contributed by atoms with E-state index in [-0.39, 0.29) is 6.61 Å². The first-order valence-electron chi connectivity index (χ1n) is 6.24. The van der Waals surface area contributed by atoms with Crippen molar-refractivity contribution in [3.05, 3.63) is 57.8 Å². The fourth-order valence-electron chi connectivity index (χ4n) is 1.49. The molecule has 2 nitrogen and oxygen atoms in total. The number of ether oxygens (including phenoxy) is 1. The van der Waals surface area contributed by atoms with Crippen LogP contribution in [-0.4, -0.2) is 4.98 Å². The Morgan fingerprint density at radius 2 is 1.70 bits per heavy atom. The summed E-state index contributed by atoms with van der Waals surface area (Å²) >= 11 is 3.28. The van der Waals surface area contributed by atoms with Gasteiger partial charge in [0.15, 0.2) is 0 Å². The maximum atomic E-state index is 13.0. The van der Waals surface area contributed by atoms with Gasteiger partial charge in [0.2, 0.25) is 0 Å². The zero-order valence-electron chi connectivity index (χ0n) is 11.6. The number of benzene rings is 1. The molecule has 1 aromatic heterocycles. The zero-order chi connectivity index (χ0) is 15.1. The lowest BCUT2D eigenvalue weighted by atomic mass is 10.2. The van der Waals surface area contributed by atoms with Gasteiger partial charge in [-0.2, -0.15) is 0 Å². The third-order valence-corrected chi connectivity index (χ3v) is 2.76. The lowest BCUT2D eigenvalue weighted by Crippen LogP contribution is -1.99. The van der Waals surface area contributed by atoms with Crippen molar-refractivity contribution in [3.8, 4) is 5.75 Å². The number of hydrogen-bond acceptors (Lipinski definition) is 2. The number of rotatable bonds is 3. The fraction of sp³-hybridized carbons (Fsp3) is 0.267. The number of aromatic nitrogens is 1. The van der Waals surface area contributed by atoms with Gasteiger partial charge in [0.1, 0.15) is 24.0 Å². The number of hydrogen-bond donors (Lipinski definition) is 0. The van der Waals surface area contributed by atoms with E-state index < -0.39 is 11.6 Å². The molecule has 0 bridgehead atoms. The standard InChI is InChI=1S/C13H10BrF2NO.C2H6/c1-8-13(4-10(14)6-17-8)18-7-9-2-11(15)5-12(16)3-9;1-2/h2-6H,7H2,1H3;1-2H3. The number of halogens is 3. The summed E-state index contributed by atoms with van der Waals surface area (Å²) in [7, 11) is 0. The van der Waals surface area contributed by atoms with Gasteiger partial charge in [-0.15, -0.1) is 0 Å². The third-order valence-electron chi connectivity index (χ3n) is 2.32. The molecule has 0 N–H and O–H groups in total. The Morgan fingerprint density at radius 1 is 1.10 bits per heavy atom. The Balaban J connectivity index is 0.000000956. The van der Waals surface area contributed by atoms with Crippen LogP contribution < -0.4 is 4.74 Å². The van der Waals surface area contributed by atoms with Crippen LogP contribution in [0.5, 0.6) is 5.75 Å². The molecular formula is C15H16BrF2NO. The summed E-state index contributed by atoms with van der Waals surface area (Å²) < 4.78 is 32.2. The highest BCUT2D eigenvalue weighted by Gasteiger charge is 2.05. The van der Waals surface area contributed by atoms with Crippen LogP contribution in [0.25, 0.3) is 0 Å². The second-order valence-corrected chi connectivity index (χ2v) is 4.72. The Kier molecular flexibility index (Phi) is 6.58. The van der Waals surface area contributed by atoms with Crippen LogP contribution in [0.3, 0.4) is 0 Å². The minimum Gasteiger partial charge on any atom is -0.487 e. The zero-order valence-corrected chi connectivity index (χ0v) is 13.2. The van der Waals surface area contributed by atoms with Crippen molar-refractivity contribution in [3.63, 3.8) is 0 Å². The highest BCUT2D eigenvalue weighted by molar-refractivity contribution is 9.10. The normalized spacial score (nSPS) is 9.70. The summed E-state index contributed by atoms with van der Waals surface area (Å²) in [5, 5.41) is 0. The number of aryl methyl sites for hydroxylation is 1. The first-order valence-corrected chi connectivity index (χ1v) is 7.04. The second kappa shape index (κ2) is 7.94. The molecule has 0 amide bonds. The average Bonchev–Trinajstić information content (AvgIpc) is 2.41. The minimum absolute atomic E-state index is 0.0909. The van der Waals surface area contributed by atoms with E-state index in [2.05, 4.69) is 20.9 Å². The lowest BCUT2D eigenvalue weighted by molar-refractivity contribution is 0.301. The van der Waals surface area contributed by atoms with Crippen molar-refractivity contribution >= 4 is 15.9 Å². The Hall–Kier alpha value is -1.49. The Morgan fingerprint density at radius 3 is 2.30 bits per heavy atom. The first kappa shape index (κ1) is 16.6.